The second kappa shape index (κ2) is 17.9. The van der Waals surface area contributed by atoms with E-state index in [1.165, 1.54) is 89.9 Å². The summed E-state index contributed by atoms with van der Waals surface area (Å²) in [6.07, 6.45) is 20.8. The molecule has 0 amide bonds. The standard InChI is InChI=1S/C17H37NO/c1-2-3-4-5-6-7-8-9-10-11-12-13-14-15-16-17-18-19/h2-18H2,1H3. The van der Waals surface area contributed by atoms with E-state index in [-0.39, 0.29) is 0 Å². The summed E-state index contributed by atoms with van der Waals surface area (Å²) in [5.74, 6) is 0. The van der Waals surface area contributed by atoms with Crippen LogP contribution in [-0.2, 0) is 0 Å². The molecule has 0 aliphatic rings. The second-order valence-electron chi connectivity index (χ2n) is 5.91. The molecule has 2 heteroatoms. The van der Waals surface area contributed by atoms with Crippen LogP contribution in [0.25, 0.3) is 0 Å². The van der Waals surface area contributed by atoms with Crippen molar-refractivity contribution < 1.29 is 5.48 Å². The Hall–Kier alpha value is -0.0800. The fraction of sp³-hybridized carbons (Fsp3) is 1.00. The lowest BCUT2D eigenvalue weighted by atomic mass is 10.0. The largest absolute Gasteiger partial charge is 0.636 e. The minimum atomic E-state index is 0.762. The van der Waals surface area contributed by atoms with Crippen molar-refractivity contribution in [1.82, 2.24) is 0 Å². The van der Waals surface area contributed by atoms with Gasteiger partial charge in [-0.1, -0.05) is 90.4 Å². The predicted octanol–water partition coefficient (Wildman–Crippen LogP) is 4.92. The van der Waals surface area contributed by atoms with Crippen molar-refractivity contribution in [1.29, 1.82) is 0 Å². The SMILES string of the molecule is CCCCCCCCCCCCCCCCC[NH2+][O-]. The predicted molar refractivity (Wildman–Crippen MR) is 85.1 cm³/mol. The zero-order valence-electron chi connectivity index (χ0n) is 13.3. The van der Waals surface area contributed by atoms with E-state index < -0.39 is 0 Å². The van der Waals surface area contributed by atoms with E-state index >= 15 is 0 Å². The first kappa shape index (κ1) is 18.9. The van der Waals surface area contributed by atoms with Crippen LogP contribution >= 0.6 is 0 Å². The Labute approximate surface area is 121 Å². The minimum absolute atomic E-state index is 0.762. The quantitative estimate of drug-likeness (QED) is 0.314. The van der Waals surface area contributed by atoms with Gasteiger partial charge in [-0.3, -0.25) is 0 Å². The topological polar surface area (TPSA) is 39.7 Å². The first-order valence-electron chi connectivity index (χ1n) is 8.85. The first-order chi connectivity index (χ1) is 9.41. The molecular weight excluding hydrogens is 234 g/mol. The third-order valence-electron chi connectivity index (χ3n) is 3.93. The molecule has 2 N–H and O–H groups in total. The molecule has 0 radical (unpaired) electrons. The van der Waals surface area contributed by atoms with Gasteiger partial charge in [-0.05, 0) is 12.8 Å². The van der Waals surface area contributed by atoms with Gasteiger partial charge in [0, 0.05) is 0 Å². The lowest BCUT2D eigenvalue weighted by Crippen LogP contribution is -2.77. The molecule has 0 heterocycles. The third kappa shape index (κ3) is 17.9. The van der Waals surface area contributed by atoms with Gasteiger partial charge >= 0.3 is 0 Å². The third-order valence-corrected chi connectivity index (χ3v) is 3.93. The lowest BCUT2D eigenvalue weighted by molar-refractivity contribution is -0.589. The Bertz CT molecular complexity index is 134. The smallest absolute Gasteiger partial charge is 0.0752 e. The highest BCUT2D eigenvalue weighted by Crippen LogP contribution is 2.13. The number of unbranched alkanes of at least 4 members (excludes halogenated alkanes) is 14. The van der Waals surface area contributed by atoms with E-state index in [4.69, 9.17) is 0 Å². The number of hydrogen-bond donors (Lipinski definition) is 1. The average molecular weight is 271 g/mol. The van der Waals surface area contributed by atoms with E-state index in [0.29, 0.717) is 0 Å². The maximum absolute atomic E-state index is 10.1. The van der Waals surface area contributed by atoms with Crippen molar-refractivity contribution in [2.45, 2.75) is 103 Å². The molecule has 0 aromatic carbocycles. The highest BCUT2D eigenvalue weighted by Gasteiger charge is 1.94. The maximum Gasteiger partial charge on any atom is 0.0752 e. The first-order valence-corrected chi connectivity index (χ1v) is 8.85. The summed E-state index contributed by atoms with van der Waals surface area (Å²) < 4.78 is 0. The van der Waals surface area contributed by atoms with Crippen molar-refractivity contribution in [3.8, 4) is 0 Å². The van der Waals surface area contributed by atoms with Crippen LogP contribution in [0.2, 0.25) is 0 Å². The number of nitrogens with two attached hydrogens (primary N) is 1. The Morgan fingerprint density at radius 3 is 1.16 bits per heavy atom. The minimum Gasteiger partial charge on any atom is -0.636 e. The van der Waals surface area contributed by atoms with Crippen LogP contribution in [0.15, 0.2) is 0 Å². The van der Waals surface area contributed by atoms with Gasteiger partial charge in [0.1, 0.15) is 0 Å². The van der Waals surface area contributed by atoms with Crippen molar-refractivity contribution >= 4 is 0 Å². The van der Waals surface area contributed by atoms with Crippen LogP contribution in [0.3, 0.4) is 0 Å². The zero-order valence-corrected chi connectivity index (χ0v) is 13.3. The number of hydroxylamine groups is 1. The van der Waals surface area contributed by atoms with Crippen LogP contribution < -0.4 is 5.48 Å². The Balaban J connectivity index is 2.88. The Morgan fingerprint density at radius 2 is 0.842 bits per heavy atom. The Kier molecular flexibility index (Phi) is 17.8. The maximum atomic E-state index is 10.1. The summed E-state index contributed by atoms with van der Waals surface area (Å²) in [7, 11) is 0. The molecule has 0 atom stereocenters. The van der Waals surface area contributed by atoms with E-state index in [9.17, 15) is 5.21 Å². The van der Waals surface area contributed by atoms with Crippen molar-refractivity contribution in [2.24, 2.45) is 0 Å². The van der Waals surface area contributed by atoms with Crippen molar-refractivity contribution in [3.05, 3.63) is 5.21 Å². The molecule has 19 heavy (non-hydrogen) atoms. The zero-order chi connectivity index (χ0) is 14.0. The Morgan fingerprint density at radius 1 is 0.526 bits per heavy atom. The van der Waals surface area contributed by atoms with Gasteiger partial charge in [0.05, 0.1) is 6.54 Å². The number of hydrogen-bond acceptors (Lipinski definition) is 1. The van der Waals surface area contributed by atoms with Gasteiger partial charge in [-0.2, -0.15) is 0 Å². The van der Waals surface area contributed by atoms with Crippen LogP contribution in [0.4, 0.5) is 0 Å². The summed E-state index contributed by atoms with van der Waals surface area (Å²) in [4.78, 5) is 0. The molecule has 0 unspecified atom stereocenters. The van der Waals surface area contributed by atoms with Gasteiger partial charge < -0.3 is 10.7 Å². The fourth-order valence-electron chi connectivity index (χ4n) is 2.60. The molecule has 0 rings (SSSR count). The molecule has 0 aromatic rings. The van der Waals surface area contributed by atoms with Gasteiger partial charge in [-0.25, -0.2) is 0 Å². The highest BCUT2D eigenvalue weighted by molar-refractivity contribution is 4.49. The molecule has 0 bridgehead atoms. The van der Waals surface area contributed by atoms with E-state index in [1.54, 1.807) is 0 Å². The summed E-state index contributed by atoms with van der Waals surface area (Å²) in [5, 5.41) is 10.1. The molecule has 116 valence electrons. The lowest BCUT2D eigenvalue weighted by Gasteiger charge is -2.03. The van der Waals surface area contributed by atoms with Gasteiger partial charge in [-0.15, -0.1) is 0 Å². The van der Waals surface area contributed by atoms with Gasteiger partial charge in [0.15, 0.2) is 0 Å². The molecule has 0 aliphatic heterocycles. The monoisotopic (exact) mass is 271 g/mol. The molecule has 0 saturated heterocycles. The summed E-state index contributed by atoms with van der Waals surface area (Å²) in [6, 6.07) is 0. The molecule has 0 aliphatic carbocycles. The molecule has 0 aromatic heterocycles. The molecule has 2 nitrogen and oxygen atoms in total. The molecule has 0 saturated carbocycles. The van der Waals surface area contributed by atoms with Crippen molar-refractivity contribution in [3.63, 3.8) is 0 Å². The average Bonchev–Trinajstić information content (AvgIpc) is 2.43. The molecule has 0 fully saturated rings. The molecule has 0 spiro atoms. The summed E-state index contributed by atoms with van der Waals surface area (Å²) >= 11 is 0. The van der Waals surface area contributed by atoms with E-state index in [0.717, 1.165) is 18.4 Å². The highest BCUT2D eigenvalue weighted by atomic mass is 16.5. The van der Waals surface area contributed by atoms with Gasteiger partial charge in [0.2, 0.25) is 0 Å². The normalized spacial score (nSPS) is 11.1. The summed E-state index contributed by atoms with van der Waals surface area (Å²) in [6.45, 7) is 3.04. The molecular formula is C17H37NO. The van der Waals surface area contributed by atoms with Crippen molar-refractivity contribution in [2.75, 3.05) is 6.54 Å². The van der Waals surface area contributed by atoms with Crippen LogP contribution in [0.5, 0.6) is 0 Å². The van der Waals surface area contributed by atoms with E-state index in [2.05, 4.69) is 6.92 Å². The van der Waals surface area contributed by atoms with Crippen LogP contribution in [-0.4, -0.2) is 6.54 Å². The van der Waals surface area contributed by atoms with E-state index in [1.807, 2.05) is 0 Å². The fourth-order valence-corrected chi connectivity index (χ4v) is 2.60. The second-order valence-corrected chi connectivity index (χ2v) is 5.91. The number of rotatable bonds is 16. The van der Waals surface area contributed by atoms with Crippen LogP contribution in [0.1, 0.15) is 103 Å². The summed E-state index contributed by atoms with van der Waals surface area (Å²) in [5.41, 5.74) is 1.04. The van der Waals surface area contributed by atoms with Crippen LogP contribution in [0, 0.1) is 5.21 Å². The number of quaternary nitrogens is 1. The van der Waals surface area contributed by atoms with Gasteiger partial charge in [0.25, 0.3) is 0 Å².